The third kappa shape index (κ3) is 7.83. The van der Waals surface area contributed by atoms with Crippen LogP contribution in [0.1, 0.15) is 40.9 Å². The number of alkyl halides is 3. The van der Waals surface area contributed by atoms with E-state index in [-0.39, 0.29) is 35.6 Å². The molecule has 0 heterocycles. The summed E-state index contributed by atoms with van der Waals surface area (Å²) in [5.74, 6) is -3.95. The lowest BCUT2D eigenvalue weighted by molar-refractivity contribution is -0.170. The minimum Gasteiger partial charge on any atom is -0.505 e. The largest absolute Gasteiger partial charge is 0.505 e. The van der Waals surface area contributed by atoms with Gasteiger partial charge >= 0.3 is 24.1 Å². The van der Waals surface area contributed by atoms with E-state index in [2.05, 4.69) is 5.32 Å². The summed E-state index contributed by atoms with van der Waals surface area (Å²) in [5, 5.41) is 13.6. The predicted molar refractivity (Wildman–Crippen MR) is 169 cm³/mol. The Hall–Kier alpha value is -5.65. The molecule has 0 aliphatic rings. The summed E-state index contributed by atoms with van der Waals surface area (Å²) < 4.78 is 55.0. The van der Waals surface area contributed by atoms with Crippen molar-refractivity contribution in [3.63, 3.8) is 0 Å². The highest BCUT2D eigenvalue weighted by Crippen LogP contribution is 2.34. The number of hydrogen-bond donors (Lipinski definition) is 2. The zero-order valence-corrected chi connectivity index (χ0v) is 26.0. The molecular formula is C36H32F3NO8. The van der Waals surface area contributed by atoms with Gasteiger partial charge in [-0.2, -0.15) is 13.2 Å². The van der Waals surface area contributed by atoms with Crippen LogP contribution in [0, 0.1) is 0 Å². The highest BCUT2D eigenvalue weighted by molar-refractivity contribution is 6.09. The molecule has 0 aliphatic carbocycles. The van der Waals surface area contributed by atoms with Crippen LogP contribution < -0.4 is 5.32 Å². The average molecular weight is 664 g/mol. The minimum absolute atomic E-state index is 0.0517. The summed E-state index contributed by atoms with van der Waals surface area (Å²) in [4.78, 5) is 52.8. The van der Waals surface area contributed by atoms with Gasteiger partial charge in [0.2, 0.25) is 5.41 Å². The first kappa shape index (κ1) is 35.2. The molecule has 0 aromatic heterocycles. The number of benzene rings is 4. The lowest BCUT2D eigenvalue weighted by Gasteiger charge is -2.29. The third-order valence-corrected chi connectivity index (χ3v) is 7.36. The van der Waals surface area contributed by atoms with E-state index in [1.54, 1.807) is 50.2 Å². The van der Waals surface area contributed by atoms with Gasteiger partial charge in [-0.3, -0.25) is 19.2 Å². The van der Waals surface area contributed by atoms with Gasteiger partial charge in [0, 0.05) is 11.1 Å². The first-order chi connectivity index (χ1) is 22.9. The van der Waals surface area contributed by atoms with Crippen LogP contribution in [-0.4, -0.2) is 48.7 Å². The van der Waals surface area contributed by atoms with Gasteiger partial charge in [0.25, 0.3) is 5.91 Å². The van der Waals surface area contributed by atoms with Gasteiger partial charge in [-0.25, -0.2) is 0 Å². The topological polar surface area (TPSA) is 128 Å². The number of anilines is 1. The third-order valence-electron chi connectivity index (χ3n) is 7.36. The van der Waals surface area contributed by atoms with E-state index < -0.39 is 59.7 Å². The number of nitrogens with one attached hydrogen (secondary N) is 1. The Labute approximate surface area is 274 Å². The Morgan fingerprint density at radius 1 is 0.708 bits per heavy atom. The summed E-state index contributed by atoms with van der Waals surface area (Å²) in [5.41, 5.74) is -1.90. The van der Waals surface area contributed by atoms with Crippen LogP contribution in [0.2, 0.25) is 0 Å². The van der Waals surface area contributed by atoms with Crippen molar-refractivity contribution in [2.75, 3.05) is 25.1 Å². The molecule has 4 rings (SSSR count). The van der Waals surface area contributed by atoms with Crippen LogP contribution in [0.4, 0.5) is 18.9 Å². The Morgan fingerprint density at radius 2 is 1.31 bits per heavy atom. The van der Waals surface area contributed by atoms with Gasteiger partial charge in [-0.1, -0.05) is 72.8 Å². The van der Waals surface area contributed by atoms with Crippen molar-refractivity contribution in [1.29, 1.82) is 0 Å². The minimum atomic E-state index is -4.52. The standard InChI is InChI=1S/C36H32F3NO8/c1-3-46-33(44)35(34(45)47-4-2,25-12-6-5-7-13-25)22-48-30(41)21-24-11-10-16-29(31(24)42)40-32(43)28-15-9-8-14-27(28)23-17-19-26(20-18-23)36(37,38)39/h5-20,42H,3-4,21-22H2,1-2H3,(H,40,43). The number of amides is 1. The molecule has 4 aromatic carbocycles. The molecule has 0 unspecified atom stereocenters. The van der Waals surface area contributed by atoms with Gasteiger partial charge in [-0.15, -0.1) is 0 Å². The molecule has 0 saturated heterocycles. The molecular weight excluding hydrogens is 631 g/mol. The summed E-state index contributed by atoms with van der Waals surface area (Å²) in [7, 11) is 0. The van der Waals surface area contributed by atoms with E-state index in [0.29, 0.717) is 11.1 Å². The molecule has 0 fully saturated rings. The number of aromatic hydroxyl groups is 1. The van der Waals surface area contributed by atoms with Crippen LogP contribution >= 0.6 is 0 Å². The number of hydrogen-bond acceptors (Lipinski definition) is 8. The van der Waals surface area contributed by atoms with E-state index >= 15 is 0 Å². The van der Waals surface area contributed by atoms with Gasteiger partial charge < -0.3 is 24.6 Å². The number of phenolic OH excluding ortho intramolecular Hbond substituents is 1. The smallest absolute Gasteiger partial charge is 0.416 e. The van der Waals surface area contributed by atoms with Crippen molar-refractivity contribution in [3.8, 4) is 16.9 Å². The average Bonchev–Trinajstić information content (AvgIpc) is 3.07. The molecule has 48 heavy (non-hydrogen) atoms. The maximum Gasteiger partial charge on any atom is 0.416 e. The Morgan fingerprint density at radius 3 is 1.92 bits per heavy atom. The fourth-order valence-electron chi connectivity index (χ4n) is 4.94. The van der Waals surface area contributed by atoms with Crippen molar-refractivity contribution in [3.05, 3.63) is 119 Å². The van der Waals surface area contributed by atoms with Crippen LogP contribution in [0.3, 0.4) is 0 Å². The van der Waals surface area contributed by atoms with Crippen molar-refractivity contribution < 1.29 is 51.7 Å². The Balaban J connectivity index is 1.54. The number of phenols is 1. The summed E-state index contributed by atoms with van der Waals surface area (Å²) in [6, 6.07) is 22.8. The number of ether oxygens (including phenoxy) is 3. The van der Waals surface area contributed by atoms with Crippen LogP contribution in [0.25, 0.3) is 11.1 Å². The summed E-state index contributed by atoms with van der Waals surface area (Å²) >= 11 is 0. The number of para-hydroxylation sites is 1. The number of halogens is 3. The molecule has 0 spiro atoms. The van der Waals surface area contributed by atoms with Gasteiger partial charge in [-0.05, 0) is 54.8 Å². The molecule has 0 aliphatic heterocycles. The predicted octanol–water partition coefficient (Wildman–Crippen LogP) is 6.48. The second kappa shape index (κ2) is 15.3. The first-order valence-electron chi connectivity index (χ1n) is 14.9. The fraction of sp³-hybridized carbons (Fsp3) is 0.222. The van der Waals surface area contributed by atoms with Crippen molar-refractivity contribution in [2.24, 2.45) is 0 Å². The molecule has 0 atom stereocenters. The van der Waals surface area contributed by atoms with Gasteiger partial charge in [0.05, 0.1) is 30.9 Å². The molecule has 0 saturated carbocycles. The van der Waals surface area contributed by atoms with E-state index in [4.69, 9.17) is 14.2 Å². The molecule has 250 valence electrons. The monoisotopic (exact) mass is 663 g/mol. The van der Waals surface area contributed by atoms with E-state index in [9.17, 15) is 37.5 Å². The molecule has 4 aromatic rings. The number of carbonyl (C=O) groups excluding carboxylic acids is 4. The highest BCUT2D eigenvalue weighted by Gasteiger charge is 2.52. The number of rotatable bonds is 12. The second-order valence-electron chi connectivity index (χ2n) is 10.4. The zero-order valence-electron chi connectivity index (χ0n) is 26.0. The van der Waals surface area contributed by atoms with Crippen LogP contribution in [0.15, 0.2) is 97.1 Å². The molecule has 9 nitrogen and oxygen atoms in total. The van der Waals surface area contributed by atoms with E-state index in [1.807, 2.05) is 0 Å². The maximum absolute atomic E-state index is 13.3. The molecule has 2 N–H and O–H groups in total. The fourth-order valence-corrected chi connectivity index (χ4v) is 4.94. The Bertz CT molecular complexity index is 1750. The molecule has 0 radical (unpaired) electrons. The number of carbonyl (C=O) groups is 4. The lowest BCUT2D eigenvalue weighted by atomic mass is 9.81. The van der Waals surface area contributed by atoms with Crippen LogP contribution in [0.5, 0.6) is 5.75 Å². The van der Waals surface area contributed by atoms with Gasteiger partial charge in [0.1, 0.15) is 12.4 Å². The quantitative estimate of drug-likeness (QED) is 0.0763. The normalized spacial score (nSPS) is 11.4. The SMILES string of the molecule is CCOC(=O)C(COC(=O)Cc1cccc(NC(=O)c2ccccc2-c2ccc(C(F)(F)F)cc2)c1O)(C(=O)OCC)c1ccccc1. The summed E-state index contributed by atoms with van der Waals surface area (Å²) in [6.07, 6.45) is -5.02. The summed E-state index contributed by atoms with van der Waals surface area (Å²) in [6.45, 7) is 2.27. The van der Waals surface area contributed by atoms with Crippen molar-refractivity contribution >= 4 is 29.5 Å². The Kier molecular flexibility index (Phi) is 11.2. The maximum atomic E-state index is 13.3. The van der Waals surface area contributed by atoms with E-state index in [0.717, 1.165) is 12.1 Å². The molecule has 0 bridgehead atoms. The van der Waals surface area contributed by atoms with Crippen molar-refractivity contribution in [2.45, 2.75) is 31.9 Å². The highest BCUT2D eigenvalue weighted by atomic mass is 19.4. The number of esters is 3. The molecule has 1 amide bonds. The second-order valence-corrected chi connectivity index (χ2v) is 10.4. The van der Waals surface area contributed by atoms with Gasteiger partial charge in [0.15, 0.2) is 0 Å². The first-order valence-corrected chi connectivity index (χ1v) is 14.9. The van der Waals surface area contributed by atoms with Crippen molar-refractivity contribution in [1.82, 2.24) is 0 Å². The zero-order chi connectivity index (χ0) is 34.9. The molecule has 12 heteroatoms. The van der Waals surface area contributed by atoms with E-state index in [1.165, 1.54) is 48.5 Å². The van der Waals surface area contributed by atoms with Crippen LogP contribution in [-0.2, 0) is 46.6 Å². The lowest BCUT2D eigenvalue weighted by Crippen LogP contribution is -2.50.